The smallest absolute Gasteiger partial charge is 0.225 e. The highest BCUT2D eigenvalue weighted by Crippen LogP contribution is 2.43. The van der Waals surface area contributed by atoms with E-state index in [4.69, 9.17) is 10.7 Å². The van der Waals surface area contributed by atoms with Crippen molar-refractivity contribution in [2.75, 3.05) is 37.6 Å². The van der Waals surface area contributed by atoms with E-state index in [2.05, 4.69) is 36.9 Å². The number of hydrogen-bond acceptors (Lipinski definition) is 5. The van der Waals surface area contributed by atoms with E-state index < -0.39 is 0 Å². The van der Waals surface area contributed by atoms with Gasteiger partial charge in [-0.1, -0.05) is 12.5 Å². The zero-order valence-corrected chi connectivity index (χ0v) is 15.0. The Morgan fingerprint density at radius 2 is 1.73 bits per heavy atom. The molecule has 3 heterocycles. The lowest BCUT2D eigenvalue weighted by molar-refractivity contribution is 0.245. The summed E-state index contributed by atoms with van der Waals surface area (Å²) in [4.78, 5) is 22.3. The van der Waals surface area contributed by atoms with Gasteiger partial charge in [0.1, 0.15) is 0 Å². The van der Waals surface area contributed by atoms with Gasteiger partial charge >= 0.3 is 0 Å². The third kappa shape index (κ3) is 3.34. The maximum Gasteiger partial charge on any atom is 0.225 e. The van der Waals surface area contributed by atoms with Crippen LogP contribution < -0.4 is 10.6 Å². The molecule has 136 valence electrons. The summed E-state index contributed by atoms with van der Waals surface area (Å²) in [5, 5.41) is 0. The van der Waals surface area contributed by atoms with Crippen molar-refractivity contribution >= 4 is 11.9 Å². The molecule has 1 aliphatic carbocycles. The largest absolute Gasteiger partial charge is 0.370 e. The number of pyridine rings is 1. The third-order valence-electron chi connectivity index (χ3n) is 5.50. The minimum absolute atomic E-state index is 0.0750. The molecule has 2 aromatic heterocycles. The number of anilines is 1. The fraction of sp³-hybridized carbons (Fsp3) is 0.474. The number of aliphatic imine (C=N–C) groups is 1. The molecule has 1 saturated carbocycles. The van der Waals surface area contributed by atoms with Gasteiger partial charge in [0.25, 0.3) is 0 Å². The minimum atomic E-state index is 0.0750. The Kier molecular flexibility index (Phi) is 4.69. The zero-order chi connectivity index (χ0) is 17.8. The monoisotopic (exact) mass is 351 g/mol. The molecule has 0 bridgehead atoms. The second-order valence-corrected chi connectivity index (χ2v) is 7.05. The molecular formula is C19H25N7. The molecule has 4 rings (SSSR count). The molecule has 26 heavy (non-hydrogen) atoms. The average Bonchev–Trinajstić information content (AvgIpc) is 2.69. The lowest BCUT2D eigenvalue weighted by Crippen LogP contribution is -2.52. The van der Waals surface area contributed by atoms with Gasteiger partial charge in [0.05, 0.1) is 6.54 Å². The van der Waals surface area contributed by atoms with E-state index in [9.17, 15) is 0 Å². The molecule has 2 fully saturated rings. The van der Waals surface area contributed by atoms with E-state index in [1.807, 2.05) is 18.3 Å². The van der Waals surface area contributed by atoms with Gasteiger partial charge in [-0.25, -0.2) is 9.97 Å². The Morgan fingerprint density at radius 1 is 1.00 bits per heavy atom. The Bertz CT molecular complexity index is 735. The van der Waals surface area contributed by atoms with Gasteiger partial charge in [0.15, 0.2) is 5.96 Å². The fourth-order valence-electron chi connectivity index (χ4n) is 3.70. The number of nitrogens with zero attached hydrogens (tertiary/aromatic N) is 6. The van der Waals surface area contributed by atoms with Gasteiger partial charge in [-0.3, -0.25) is 9.98 Å². The number of rotatable bonds is 4. The molecule has 0 aromatic carbocycles. The molecule has 1 saturated heterocycles. The molecule has 0 unspecified atom stereocenters. The summed E-state index contributed by atoms with van der Waals surface area (Å²) in [5.74, 6) is 1.42. The number of hydrogen-bond donors (Lipinski definition) is 1. The van der Waals surface area contributed by atoms with E-state index >= 15 is 0 Å². The van der Waals surface area contributed by atoms with Crippen LogP contribution in [0.1, 0.15) is 25.0 Å². The number of guanidine groups is 1. The SMILES string of the molecule is NC(=NCC1(c2ccccn2)CCC1)N1CCN(c2ncccn2)CC1. The molecule has 2 aromatic rings. The molecule has 0 radical (unpaired) electrons. The first kappa shape index (κ1) is 16.8. The fourth-order valence-corrected chi connectivity index (χ4v) is 3.70. The highest BCUT2D eigenvalue weighted by molar-refractivity contribution is 5.78. The van der Waals surface area contributed by atoms with Gasteiger partial charge in [0, 0.05) is 55.9 Å². The Hall–Kier alpha value is -2.70. The number of nitrogens with two attached hydrogens (primary N) is 1. The molecule has 2 N–H and O–H groups in total. The average molecular weight is 351 g/mol. The zero-order valence-electron chi connectivity index (χ0n) is 15.0. The van der Waals surface area contributed by atoms with Crippen LogP contribution in [-0.2, 0) is 5.41 Å². The molecule has 2 aliphatic rings. The highest BCUT2D eigenvalue weighted by atomic mass is 15.4. The van der Waals surface area contributed by atoms with Crippen molar-refractivity contribution in [3.05, 3.63) is 48.5 Å². The van der Waals surface area contributed by atoms with Gasteiger partial charge in [-0.15, -0.1) is 0 Å². The topological polar surface area (TPSA) is 83.5 Å². The first-order valence-corrected chi connectivity index (χ1v) is 9.25. The number of piperazine rings is 1. The van der Waals surface area contributed by atoms with Crippen molar-refractivity contribution in [1.29, 1.82) is 0 Å². The van der Waals surface area contributed by atoms with Crippen molar-refractivity contribution in [2.45, 2.75) is 24.7 Å². The quantitative estimate of drug-likeness (QED) is 0.663. The number of aromatic nitrogens is 3. The lowest BCUT2D eigenvalue weighted by atomic mass is 9.66. The molecule has 0 atom stereocenters. The van der Waals surface area contributed by atoms with E-state index in [1.165, 1.54) is 6.42 Å². The van der Waals surface area contributed by atoms with Crippen LogP contribution >= 0.6 is 0 Å². The molecular weight excluding hydrogens is 326 g/mol. The molecule has 7 heteroatoms. The summed E-state index contributed by atoms with van der Waals surface area (Å²) in [7, 11) is 0. The van der Waals surface area contributed by atoms with Crippen LogP contribution in [0.4, 0.5) is 5.95 Å². The second-order valence-electron chi connectivity index (χ2n) is 7.05. The predicted molar refractivity (Wildman–Crippen MR) is 102 cm³/mol. The first-order chi connectivity index (χ1) is 12.8. The van der Waals surface area contributed by atoms with Gasteiger partial charge in [0.2, 0.25) is 5.95 Å². The van der Waals surface area contributed by atoms with E-state index in [0.29, 0.717) is 5.96 Å². The highest BCUT2D eigenvalue weighted by Gasteiger charge is 2.39. The normalized spacial score (nSPS) is 19.9. The lowest BCUT2D eigenvalue weighted by Gasteiger charge is -2.41. The maximum atomic E-state index is 6.30. The third-order valence-corrected chi connectivity index (χ3v) is 5.50. The van der Waals surface area contributed by atoms with E-state index in [1.54, 1.807) is 12.4 Å². The predicted octanol–water partition coefficient (Wildman–Crippen LogP) is 1.43. The maximum absolute atomic E-state index is 6.30. The van der Waals surface area contributed by atoms with Crippen LogP contribution in [0.5, 0.6) is 0 Å². The summed E-state index contributed by atoms with van der Waals surface area (Å²) in [5.41, 5.74) is 7.52. The summed E-state index contributed by atoms with van der Waals surface area (Å²) in [6, 6.07) is 7.97. The van der Waals surface area contributed by atoms with Crippen molar-refractivity contribution < 1.29 is 0 Å². The molecule has 7 nitrogen and oxygen atoms in total. The summed E-state index contributed by atoms with van der Waals surface area (Å²) < 4.78 is 0. The molecule has 0 amide bonds. The van der Waals surface area contributed by atoms with Gasteiger partial charge in [-0.2, -0.15) is 0 Å². The first-order valence-electron chi connectivity index (χ1n) is 9.25. The van der Waals surface area contributed by atoms with Gasteiger partial charge < -0.3 is 15.5 Å². The summed E-state index contributed by atoms with van der Waals surface area (Å²) in [6.07, 6.45) is 8.94. The van der Waals surface area contributed by atoms with E-state index in [0.717, 1.165) is 57.2 Å². The summed E-state index contributed by atoms with van der Waals surface area (Å²) >= 11 is 0. The van der Waals surface area contributed by atoms with Crippen LogP contribution in [0.15, 0.2) is 47.8 Å². The van der Waals surface area contributed by atoms with Gasteiger partial charge in [-0.05, 0) is 31.0 Å². The van der Waals surface area contributed by atoms with E-state index in [-0.39, 0.29) is 5.41 Å². The molecule has 1 aliphatic heterocycles. The van der Waals surface area contributed by atoms with Crippen LogP contribution in [0.25, 0.3) is 0 Å². The Labute approximate surface area is 154 Å². The molecule has 0 spiro atoms. The van der Waals surface area contributed by atoms with Crippen LogP contribution in [0.2, 0.25) is 0 Å². The van der Waals surface area contributed by atoms with Crippen molar-refractivity contribution in [2.24, 2.45) is 10.7 Å². The van der Waals surface area contributed by atoms with Crippen LogP contribution in [-0.4, -0.2) is 58.5 Å². The Morgan fingerprint density at radius 3 is 2.35 bits per heavy atom. The van der Waals surface area contributed by atoms with Crippen molar-refractivity contribution in [1.82, 2.24) is 19.9 Å². The summed E-state index contributed by atoms with van der Waals surface area (Å²) in [6.45, 7) is 4.10. The van der Waals surface area contributed by atoms with Crippen LogP contribution in [0.3, 0.4) is 0 Å². The van der Waals surface area contributed by atoms with Crippen LogP contribution in [0, 0.1) is 0 Å². The van der Waals surface area contributed by atoms with Crippen molar-refractivity contribution in [3.8, 4) is 0 Å². The minimum Gasteiger partial charge on any atom is -0.370 e. The standard InChI is InChI=1S/C19H25N7/c20-17(24-15-19(6-3-7-19)16-5-1-2-8-21-16)25-11-13-26(14-12-25)18-22-9-4-10-23-18/h1-2,4-5,8-10H,3,6-7,11-15H2,(H2,20,24). The Balaban J connectivity index is 1.37. The van der Waals surface area contributed by atoms with Crippen molar-refractivity contribution in [3.63, 3.8) is 0 Å². The second kappa shape index (κ2) is 7.27.